The van der Waals surface area contributed by atoms with Gasteiger partial charge in [-0.05, 0) is 25.5 Å². The second-order valence-electron chi connectivity index (χ2n) is 3.76. The van der Waals surface area contributed by atoms with Gasteiger partial charge in [-0.1, -0.05) is 19.8 Å². The molecule has 0 heterocycles. The summed E-state index contributed by atoms with van der Waals surface area (Å²) in [4.78, 5) is 10.3. The Bertz CT molecular complexity index is 363. The third-order valence-electron chi connectivity index (χ3n) is 2.39. The Morgan fingerprint density at radius 3 is 2.75 bits per heavy atom. The zero-order valence-corrected chi connectivity index (χ0v) is 9.73. The monoisotopic (exact) mass is 223 g/mol. The SMILES string of the molecule is CCCCCOc1ccc(C)c([N+](=O)[O-])c1. The molecule has 0 radical (unpaired) electrons. The smallest absolute Gasteiger partial charge is 0.275 e. The largest absolute Gasteiger partial charge is 0.493 e. The van der Waals surface area contributed by atoms with Crippen LogP contribution in [0.3, 0.4) is 0 Å². The molecule has 0 unspecified atom stereocenters. The first-order chi connectivity index (χ1) is 7.65. The number of rotatable bonds is 6. The van der Waals surface area contributed by atoms with E-state index in [-0.39, 0.29) is 10.6 Å². The van der Waals surface area contributed by atoms with Crippen LogP contribution in [0.4, 0.5) is 5.69 Å². The molecule has 1 aromatic carbocycles. The fourth-order valence-corrected chi connectivity index (χ4v) is 1.42. The van der Waals surface area contributed by atoms with Crippen LogP contribution in [0, 0.1) is 17.0 Å². The van der Waals surface area contributed by atoms with Gasteiger partial charge in [-0.15, -0.1) is 0 Å². The molecule has 16 heavy (non-hydrogen) atoms. The molecular formula is C12H17NO3. The van der Waals surface area contributed by atoms with Gasteiger partial charge < -0.3 is 4.74 Å². The van der Waals surface area contributed by atoms with E-state index in [9.17, 15) is 10.1 Å². The molecule has 4 heteroatoms. The van der Waals surface area contributed by atoms with Crippen LogP contribution in [-0.4, -0.2) is 11.5 Å². The van der Waals surface area contributed by atoms with E-state index in [1.54, 1.807) is 19.1 Å². The highest BCUT2D eigenvalue weighted by atomic mass is 16.6. The Balaban J connectivity index is 2.61. The molecule has 0 aliphatic heterocycles. The minimum absolute atomic E-state index is 0.119. The lowest BCUT2D eigenvalue weighted by Crippen LogP contribution is -1.98. The molecule has 1 rings (SSSR count). The molecule has 1 aromatic rings. The first-order valence-electron chi connectivity index (χ1n) is 5.53. The molecule has 0 fully saturated rings. The number of nitro groups is 1. The summed E-state index contributed by atoms with van der Waals surface area (Å²) in [6.45, 7) is 4.46. The number of nitro benzene ring substituents is 1. The summed E-state index contributed by atoms with van der Waals surface area (Å²) in [6.07, 6.45) is 3.24. The van der Waals surface area contributed by atoms with Crippen LogP contribution >= 0.6 is 0 Å². The van der Waals surface area contributed by atoms with Crippen LogP contribution in [0.5, 0.6) is 5.75 Å². The van der Waals surface area contributed by atoms with Gasteiger partial charge >= 0.3 is 0 Å². The number of hydrogen-bond acceptors (Lipinski definition) is 3. The van der Waals surface area contributed by atoms with E-state index in [0.717, 1.165) is 19.3 Å². The van der Waals surface area contributed by atoms with Crippen molar-refractivity contribution in [1.82, 2.24) is 0 Å². The van der Waals surface area contributed by atoms with Crippen molar-refractivity contribution in [3.05, 3.63) is 33.9 Å². The highest BCUT2D eigenvalue weighted by Crippen LogP contribution is 2.23. The Morgan fingerprint density at radius 1 is 1.38 bits per heavy atom. The Hall–Kier alpha value is -1.58. The number of hydrogen-bond donors (Lipinski definition) is 0. The number of unbranched alkanes of at least 4 members (excludes halogenated alkanes) is 2. The molecule has 0 saturated carbocycles. The Labute approximate surface area is 95.4 Å². The lowest BCUT2D eigenvalue weighted by Gasteiger charge is -2.06. The Morgan fingerprint density at radius 2 is 2.12 bits per heavy atom. The van der Waals surface area contributed by atoms with Crippen molar-refractivity contribution in [3.8, 4) is 5.75 Å². The van der Waals surface area contributed by atoms with E-state index in [0.29, 0.717) is 17.9 Å². The van der Waals surface area contributed by atoms with Crippen molar-refractivity contribution < 1.29 is 9.66 Å². The van der Waals surface area contributed by atoms with Gasteiger partial charge in [-0.3, -0.25) is 10.1 Å². The van der Waals surface area contributed by atoms with Gasteiger partial charge in [0.1, 0.15) is 5.75 Å². The predicted molar refractivity (Wildman–Crippen MR) is 62.9 cm³/mol. The first-order valence-corrected chi connectivity index (χ1v) is 5.53. The fourth-order valence-electron chi connectivity index (χ4n) is 1.42. The molecule has 0 aliphatic carbocycles. The minimum atomic E-state index is -0.381. The van der Waals surface area contributed by atoms with Crippen LogP contribution in [0.1, 0.15) is 31.7 Å². The van der Waals surface area contributed by atoms with Crippen molar-refractivity contribution in [3.63, 3.8) is 0 Å². The van der Waals surface area contributed by atoms with Gasteiger partial charge in [0.2, 0.25) is 0 Å². The number of ether oxygens (including phenoxy) is 1. The van der Waals surface area contributed by atoms with Crippen LogP contribution in [0.2, 0.25) is 0 Å². The van der Waals surface area contributed by atoms with Crippen molar-refractivity contribution in [2.24, 2.45) is 0 Å². The van der Waals surface area contributed by atoms with Crippen LogP contribution in [0.15, 0.2) is 18.2 Å². The highest BCUT2D eigenvalue weighted by molar-refractivity contribution is 5.45. The lowest BCUT2D eigenvalue weighted by atomic mass is 10.2. The molecule has 88 valence electrons. The van der Waals surface area contributed by atoms with Gasteiger partial charge in [0.15, 0.2) is 0 Å². The summed E-state index contributed by atoms with van der Waals surface area (Å²) in [5.41, 5.74) is 0.777. The summed E-state index contributed by atoms with van der Waals surface area (Å²) in [5.74, 6) is 0.577. The Kier molecular flexibility index (Phi) is 4.76. The van der Waals surface area contributed by atoms with Crippen molar-refractivity contribution in [1.29, 1.82) is 0 Å². The molecule has 0 saturated heterocycles. The van der Waals surface area contributed by atoms with E-state index >= 15 is 0 Å². The first kappa shape index (κ1) is 12.5. The van der Waals surface area contributed by atoms with Crippen molar-refractivity contribution in [2.45, 2.75) is 33.1 Å². The van der Waals surface area contributed by atoms with E-state index in [4.69, 9.17) is 4.74 Å². The summed E-state index contributed by atoms with van der Waals surface area (Å²) in [7, 11) is 0. The van der Waals surface area contributed by atoms with E-state index in [1.807, 2.05) is 0 Å². The molecular weight excluding hydrogens is 206 g/mol. The molecule has 0 spiro atoms. The quantitative estimate of drug-likeness (QED) is 0.421. The summed E-state index contributed by atoms with van der Waals surface area (Å²) in [6, 6.07) is 4.98. The maximum absolute atomic E-state index is 10.7. The third kappa shape index (κ3) is 3.53. The predicted octanol–water partition coefficient (Wildman–Crippen LogP) is 3.47. The molecule has 0 atom stereocenters. The third-order valence-corrected chi connectivity index (χ3v) is 2.39. The topological polar surface area (TPSA) is 52.4 Å². The molecule has 0 aromatic heterocycles. The van der Waals surface area contributed by atoms with E-state index in [2.05, 4.69) is 6.92 Å². The number of benzene rings is 1. The van der Waals surface area contributed by atoms with Gasteiger partial charge in [-0.25, -0.2) is 0 Å². The molecule has 0 N–H and O–H groups in total. The number of aryl methyl sites for hydroxylation is 1. The van der Waals surface area contributed by atoms with Gasteiger partial charge in [0.05, 0.1) is 17.6 Å². The van der Waals surface area contributed by atoms with Crippen LogP contribution in [-0.2, 0) is 0 Å². The average Bonchev–Trinajstić information content (AvgIpc) is 2.26. The number of nitrogens with zero attached hydrogens (tertiary/aromatic N) is 1. The van der Waals surface area contributed by atoms with E-state index in [1.165, 1.54) is 6.07 Å². The van der Waals surface area contributed by atoms with Crippen LogP contribution in [0.25, 0.3) is 0 Å². The van der Waals surface area contributed by atoms with E-state index < -0.39 is 0 Å². The maximum Gasteiger partial charge on any atom is 0.275 e. The van der Waals surface area contributed by atoms with Crippen LogP contribution < -0.4 is 4.74 Å². The standard InChI is InChI=1S/C12H17NO3/c1-3-4-5-8-16-11-7-6-10(2)12(9-11)13(14)15/h6-7,9H,3-5,8H2,1-2H3. The molecule has 0 bridgehead atoms. The van der Waals surface area contributed by atoms with Gasteiger partial charge in [0.25, 0.3) is 5.69 Å². The highest BCUT2D eigenvalue weighted by Gasteiger charge is 2.11. The molecule has 4 nitrogen and oxygen atoms in total. The van der Waals surface area contributed by atoms with Crippen molar-refractivity contribution >= 4 is 5.69 Å². The maximum atomic E-state index is 10.7. The summed E-state index contributed by atoms with van der Waals surface area (Å²) in [5, 5.41) is 10.7. The zero-order chi connectivity index (χ0) is 12.0. The summed E-state index contributed by atoms with van der Waals surface area (Å²) >= 11 is 0. The second kappa shape index (κ2) is 6.10. The average molecular weight is 223 g/mol. The second-order valence-corrected chi connectivity index (χ2v) is 3.76. The van der Waals surface area contributed by atoms with Crippen molar-refractivity contribution in [2.75, 3.05) is 6.61 Å². The zero-order valence-electron chi connectivity index (χ0n) is 9.73. The van der Waals surface area contributed by atoms with Gasteiger partial charge in [0, 0.05) is 5.56 Å². The van der Waals surface area contributed by atoms with Gasteiger partial charge in [-0.2, -0.15) is 0 Å². The summed E-state index contributed by atoms with van der Waals surface area (Å²) < 4.78 is 5.45. The lowest BCUT2D eigenvalue weighted by molar-refractivity contribution is -0.385. The normalized spacial score (nSPS) is 10.1. The fraction of sp³-hybridized carbons (Fsp3) is 0.500. The molecule has 0 aliphatic rings. The minimum Gasteiger partial charge on any atom is -0.493 e. The molecule has 0 amide bonds.